The molecule has 1 N–H and O–H groups in total. The van der Waals surface area contributed by atoms with Crippen molar-refractivity contribution >= 4 is 16.9 Å². The Balaban J connectivity index is 2.07. The van der Waals surface area contributed by atoms with Crippen molar-refractivity contribution in [3.8, 4) is 5.75 Å². The first kappa shape index (κ1) is 16.2. The summed E-state index contributed by atoms with van der Waals surface area (Å²) in [7, 11) is 1.66. The molecule has 0 aliphatic heterocycles. The lowest BCUT2D eigenvalue weighted by Gasteiger charge is -2.14. The van der Waals surface area contributed by atoms with Gasteiger partial charge in [0.2, 0.25) is 5.76 Å². The van der Waals surface area contributed by atoms with Gasteiger partial charge in [0.15, 0.2) is 0 Å². The van der Waals surface area contributed by atoms with Crippen LogP contribution in [0.15, 0.2) is 40.8 Å². The Kier molecular flexibility index (Phi) is 4.34. The highest BCUT2D eigenvalue weighted by Crippen LogP contribution is 2.30. The number of hydrogen-bond acceptors (Lipinski definition) is 3. The number of benzene rings is 1. The van der Waals surface area contributed by atoms with Gasteiger partial charge in [-0.2, -0.15) is 0 Å². The second-order valence-electron chi connectivity index (χ2n) is 5.96. The normalized spacial score (nSPS) is 12.5. The van der Waals surface area contributed by atoms with Crippen LogP contribution in [0.5, 0.6) is 5.75 Å². The summed E-state index contributed by atoms with van der Waals surface area (Å²) in [5.74, 6) is 0.753. The highest BCUT2D eigenvalue weighted by Gasteiger charge is 2.16. The van der Waals surface area contributed by atoms with Crippen LogP contribution in [-0.4, -0.2) is 22.8 Å². The largest absolute Gasteiger partial charge is 0.497 e. The molecule has 2 heterocycles. The lowest BCUT2D eigenvalue weighted by molar-refractivity contribution is 0.0660. The first-order chi connectivity index (χ1) is 11.5. The summed E-state index contributed by atoms with van der Waals surface area (Å²) >= 11 is 0. The van der Waals surface area contributed by atoms with Crippen molar-refractivity contribution in [3.05, 3.63) is 53.6 Å². The lowest BCUT2D eigenvalue weighted by atomic mass is 10.1. The van der Waals surface area contributed by atoms with Gasteiger partial charge in [-0.15, -0.1) is 0 Å². The molecule has 0 spiro atoms. The molecule has 5 nitrogen and oxygen atoms in total. The van der Waals surface area contributed by atoms with Crippen LogP contribution in [-0.2, 0) is 6.54 Å². The molecule has 1 aromatic carbocycles. The maximum atomic E-state index is 11.0. The molecule has 3 rings (SSSR count). The molecule has 0 saturated carbocycles. The summed E-state index contributed by atoms with van der Waals surface area (Å²) in [6, 6.07) is 11.4. The minimum Gasteiger partial charge on any atom is -0.497 e. The number of carbonyl (C=O) groups is 1. The van der Waals surface area contributed by atoms with Crippen molar-refractivity contribution in [1.82, 2.24) is 4.57 Å². The summed E-state index contributed by atoms with van der Waals surface area (Å²) < 4.78 is 12.9. The zero-order valence-corrected chi connectivity index (χ0v) is 14.1. The highest BCUT2D eigenvalue weighted by molar-refractivity contribution is 5.84. The quantitative estimate of drug-likeness (QED) is 0.724. The fraction of sp³-hybridized carbons (Fsp3) is 0.316. The molecule has 126 valence electrons. The fourth-order valence-corrected chi connectivity index (χ4v) is 2.92. The van der Waals surface area contributed by atoms with Crippen LogP contribution in [0.1, 0.15) is 48.2 Å². The number of ether oxygens (including phenoxy) is 1. The van der Waals surface area contributed by atoms with Crippen molar-refractivity contribution < 1.29 is 19.1 Å². The van der Waals surface area contributed by atoms with Crippen LogP contribution < -0.4 is 4.74 Å². The van der Waals surface area contributed by atoms with Crippen molar-refractivity contribution in [2.75, 3.05) is 7.11 Å². The van der Waals surface area contributed by atoms with E-state index in [2.05, 4.69) is 24.5 Å². The third-order valence-corrected chi connectivity index (χ3v) is 4.44. The van der Waals surface area contributed by atoms with Crippen LogP contribution in [0.25, 0.3) is 10.9 Å². The van der Waals surface area contributed by atoms with Gasteiger partial charge in [0.1, 0.15) is 11.5 Å². The molecular formula is C19H21NO4. The van der Waals surface area contributed by atoms with Crippen LogP contribution >= 0.6 is 0 Å². The molecule has 0 fully saturated rings. The molecule has 2 aromatic heterocycles. The van der Waals surface area contributed by atoms with E-state index in [1.807, 2.05) is 18.2 Å². The van der Waals surface area contributed by atoms with Crippen LogP contribution in [0, 0.1) is 0 Å². The summed E-state index contributed by atoms with van der Waals surface area (Å²) in [4.78, 5) is 11.0. The van der Waals surface area contributed by atoms with E-state index >= 15 is 0 Å². The fourth-order valence-electron chi connectivity index (χ4n) is 2.92. The van der Waals surface area contributed by atoms with E-state index < -0.39 is 5.97 Å². The van der Waals surface area contributed by atoms with E-state index in [0.717, 1.165) is 23.1 Å². The summed E-state index contributed by atoms with van der Waals surface area (Å²) in [5, 5.41) is 10.1. The van der Waals surface area contributed by atoms with Gasteiger partial charge in [-0.25, -0.2) is 4.79 Å². The second kappa shape index (κ2) is 6.43. The number of nitrogens with zero attached hydrogens (tertiary/aromatic N) is 1. The number of carboxylic acid groups (broad SMARTS) is 1. The van der Waals surface area contributed by atoms with Gasteiger partial charge in [-0.1, -0.05) is 13.8 Å². The molecule has 1 unspecified atom stereocenters. The number of aromatic nitrogens is 1. The third kappa shape index (κ3) is 2.89. The Hall–Kier alpha value is -2.69. The van der Waals surface area contributed by atoms with Crippen LogP contribution in [0.3, 0.4) is 0 Å². The van der Waals surface area contributed by atoms with Crippen molar-refractivity contribution in [3.63, 3.8) is 0 Å². The molecule has 0 aliphatic rings. The number of aromatic carboxylic acids is 1. The number of rotatable bonds is 6. The second-order valence-corrected chi connectivity index (χ2v) is 5.96. The maximum Gasteiger partial charge on any atom is 0.371 e. The Morgan fingerprint density at radius 2 is 2.08 bits per heavy atom. The van der Waals surface area contributed by atoms with Gasteiger partial charge in [-0.05, 0) is 48.7 Å². The minimum atomic E-state index is -1.05. The number of furan rings is 1. The Labute approximate surface area is 140 Å². The molecule has 0 aliphatic carbocycles. The predicted octanol–water partition coefficient (Wildman–Crippen LogP) is 4.50. The Morgan fingerprint density at radius 1 is 1.29 bits per heavy atom. The molecule has 0 radical (unpaired) electrons. The van der Waals surface area contributed by atoms with E-state index in [9.17, 15) is 4.79 Å². The average Bonchev–Trinajstić information content (AvgIpc) is 3.19. The van der Waals surface area contributed by atoms with Crippen molar-refractivity contribution in [1.29, 1.82) is 0 Å². The predicted molar refractivity (Wildman–Crippen MR) is 92.0 cm³/mol. The highest BCUT2D eigenvalue weighted by atomic mass is 16.5. The van der Waals surface area contributed by atoms with Gasteiger partial charge in [-0.3, -0.25) is 0 Å². The summed E-state index contributed by atoms with van der Waals surface area (Å²) in [5.41, 5.74) is 2.29. The average molecular weight is 327 g/mol. The lowest BCUT2D eigenvalue weighted by Crippen LogP contribution is -2.06. The summed E-state index contributed by atoms with van der Waals surface area (Å²) in [6.45, 7) is 4.85. The van der Waals surface area contributed by atoms with Gasteiger partial charge < -0.3 is 18.8 Å². The molecule has 24 heavy (non-hydrogen) atoms. The molecule has 5 heteroatoms. The first-order valence-electron chi connectivity index (χ1n) is 8.02. The van der Waals surface area contributed by atoms with E-state index in [4.69, 9.17) is 14.3 Å². The standard InChI is InChI=1S/C19H21NO4/c1-4-12(2)17-10-13-9-14(23-3)5-7-16(13)20(17)11-15-6-8-18(24-15)19(21)22/h5-10,12H,4,11H2,1-3H3,(H,21,22). The molecule has 1 atom stereocenters. The van der Waals surface area contributed by atoms with Gasteiger partial charge in [0.25, 0.3) is 0 Å². The summed E-state index contributed by atoms with van der Waals surface area (Å²) in [6.07, 6.45) is 1.02. The smallest absolute Gasteiger partial charge is 0.371 e. The van der Waals surface area contributed by atoms with E-state index in [1.54, 1.807) is 13.2 Å². The topological polar surface area (TPSA) is 64.6 Å². The monoisotopic (exact) mass is 327 g/mol. The van der Waals surface area contributed by atoms with Gasteiger partial charge >= 0.3 is 5.97 Å². The third-order valence-electron chi connectivity index (χ3n) is 4.44. The molecular weight excluding hydrogens is 306 g/mol. The zero-order valence-electron chi connectivity index (χ0n) is 14.1. The van der Waals surface area contributed by atoms with E-state index in [0.29, 0.717) is 18.2 Å². The number of methoxy groups -OCH3 is 1. The molecule has 0 amide bonds. The van der Waals surface area contributed by atoms with Crippen molar-refractivity contribution in [2.24, 2.45) is 0 Å². The molecule has 3 aromatic rings. The zero-order chi connectivity index (χ0) is 17.3. The number of fused-ring (bicyclic) bond motifs is 1. The SMILES string of the molecule is CCC(C)c1cc2cc(OC)ccc2n1Cc1ccc(C(=O)O)o1. The minimum absolute atomic E-state index is 0.0341. The van der Waals surface area contributed by atoms with E-state index in [-0.39, 0.29) is 5.76 Å². The Morgan fingerprint density at radius 3 is 2.71 bits per heavy atom. The molecule has 0 bridgehead atoms. The van der Waals surface area contributed by atoms with Gasteiger partial charge in [0.05, 0.1) is 13.7 Å². The van der Waals surface area contributed by atoms with Crippen molar-refractivity contribution in [2.45, 2.75) is 32.7 Å². The van der Waals surface area contributed by atoms with Crippen LogP contribution in [0.2, 0.25) is 0 Å². The molecule has 0 saturated heterocycles. The van der Waals surface area contributed by atoms with E-state index in [1.165, 1.54) is 11.8 Å². The maximum absolute atomic E-state index is 11.0. The van der Waals surface area contributed by atoms with Gasteiger partial charge in [0, 0.05) is 16.6 Å². The first-order valence-corrected chi connectivity index (χ1v) is 8.02. The Bertz CT molecular complexity index is 875. The van der Waals surface area contributed by atoms with Crippen LogP contribution in [0.4, 0.5) is 0 Å². The number of hydrogen-bond donors (Lipinski definition) is 1. The number of carboxylic acids is 1.